The van der Waals surface area contributed by atoms with E-state index in [4.69, 9.17) is 0 Å². The number of fused-ring (bicyclic) bond motifs is 2. The standard InChI is InChI=1S/C25H25N5O2S/c1-15-4-6-16(7-5-15)10-18-12-20(28-30(18)3)24(31)27-21-14-33-23-13-19-17(8-9-26-19)11-22(23)29(2)25(21)32/h4-9,11-13,21,26H,10,14H2,1-3H3,(H,27,31)/t21-/m0/s1. The van der Waals surface area contributed by atoms with Crippen molar-refractivity contribution in [1.82, 2.24) is 20.1 Å². The third kappa shape index (κ3) is 4.14. The maximum absolute atomic E-state index is 13.2. The molecule has 0 saturated heterocycles. The molecule has 33 heavy (non-hydrogen) atoms. The first-order valence-electron chi connectivity index (χ1n) is 10.8. The fourth-order valence-corrected chi connectivity index (χ4v) is 5.19. The van der Waals surface area contributed by atoms with Gasteiger partial charge in [-0.25, -0.2) is 0 Å². The van der Waals surface area contributed by atoms with Crippen molar-refractivity contribution < 1.29 is 9.59 Å². The molecule has 0 saturated carbocycles. The molecule has 1 atom stereocenters. The quantitative estimate of drug-likeness (QED) is 0.488. The van der Waals surface area contributed by atoms with E-state index in [0.717, 1.165) is 32.7 Å². The summed E-state index contributed by atoms with van der Waals surface area (Å²) in [5, 5.41) is 8.35. The smallest absolute Gasteiger partial charge is 0.272 e. The maximum Gasteiger partial charge on any atom is 0.272 e. The van der Waals surface area contributed by atoms with Crippen LogP contribution in [0, 0.1) is 6.92 Å². The van der Waals surface area contributed by atoms with Gasteiger partial charge in [-0.1, -0.05) is 29.8 Å². The molecule has 2 aromatic carbocycles. The van der Waals surface area contributed by atoms with E-state index in [1.807, 2.05) is 25.4 Å². The van der Waals surface area contributed by atoms with Gasteiger partial charge in [-0.2, -0.15) is 5.10 Å². The zero-order chi connectivity index (χ0) is 23.1. The number of amides is 2. The van der Waals surface area contributed by atoms with Crippen molar-refractivity contribution in [3.8, 4) is 0 Å². The second-order valence-electron chi connectivity index (χ2n) is 8.43. The van der Waals surface area contributed by atoms with Crippen LogP contribution in [0.15, 0.2) is 59.6 Å². The summed E-state index contributed by atoms with van der Waals surface area (Å²) in [6.07, 6.45) is 2.57. The van der Waals surface area contributed by atoms with Crippen LogP contribution in [0.5, 0.6) is 0 Å². The lowest BCUT2D eigenvalue weighted by atomic mass is 10.1. The number of nitrogens with zero attached hydrogens (tertiary/aromatic N) is 3. The van der Waals surface area contributed by atoms with E-state index in [1.165, 1.54) is 5.56 Å². The number of aromatic nitrogens is 3. The van der Waals surface area contributed by atoms with Crippen LogP contribution >= 0.6 is 11.8 Å². The second kappa shape index (κ2) is 8.44. The lowest BCUT2D eigenvalue weighted by Crippen LogP contribution is -2.48. The number of likely N-dealkylation sites (N-methyl/N-ethyl adjacent to an activating group) is 1. The Morgan fingerprint density at radius 2 is 1.97 bits per heavy atom. The minimum atomic E-state index is -0.638. The predicted octanol–water partition coefficient (Wildman–Crippen LogP) is 3.67. The Balaban J connectivity index is 1.32. The van der Waals surface area contributed by atoms with Crippen LogP contribution in [0.25, 0.3) is 10.9 Å². The first-order chi connectivity index (χ1) is 15.9. The van der Waals surface area contributed by atoms with E-state index < -0.39 is 6.04 Å². The summed E-state index contributed by atoms with van der Waals surface area (Å²) in [6.45, 7) is 2.06. The second-order valence-corrected chi connectivity index (χ2v) is 9.49. The van der Waals surface area contributed by atoms with Crippen molar-refractivity contribution in [1.29, 1.82) is 0 Å². The molecule has 2 aromatic heterocycles. The zero-order valence-corrected chi connectivity index (χ0v) is 19.6. The molecule has 5 rings (SSSR count). The van der Waals surface area contributed by atoms with Gasteiger partial charge in [-0.3, -0.25) is 14.3 Å². The van der Waals surface area contributed by atoms with Crippen LogP contribution in [0.2, 0.25) is 0 Å². The predicted molar refractivity (Wildman–Crippen MR) is 131 cm³/mol. The van der Waals surface area contributed by atoms with E-state index >= 15 is 0 Å². The van der Waals surface area contributed by atoms with Crippen LogP contribution in [-0.2, 0) is 18.3 Å². The van der Waals surface area contributed by atoms with Crippen LogP contribution in [0.3, 0.4) is 0 Å². The van der Waals surface area contributed by atoms with Crippen molar-refractivity contribution in [3.63, 3.8) is 0 Å². The number of hydrogen-bond donors (Lipinski definition) is 2. The molecule has 0 radical (unpaired) electrons. The molecule has 0 aliphatic carbocycles. The number of H-pyrrole nitrogens is 1. The fourth-order valence-electron chi connectivity index (χ4n) is 4.08. The first kappa shape index (κ1) is 21.3. The largest absolute Gasteiger partial charge is 0.361 e. The fraction of sp³-hybridized carbons (Fsp3) is 0.240. The van der Waals surface area contributed by atoms with Gasteiger partial charge < -0.3 is 15.2 Å². The Morgan fingerprint density at radius 3 is 2.76 bits per heavy atom. The highest BCUT2D eigenvalue weighted by Gasteiger charge is 2.31. The zero-order valence-electron chi connectivity index (χ0n) is 18.8. The number of carbonyl (C=O) groups is 2. The van der Waals surface area contributed by atoms with Crippen LogP contribution in [0.1, 0.15) is 27.3 Å². The third-order valence-electron chi connectivity index (χ3n) is 6.05. The molecule has 8 heteroatoms. The number of aryl methyl sites for hydroxylation is 2. The van der Waals surface area contributed by atoms with Gasteiger partial charge in [0.1, 0.15) is 11.7 Å². The molecule has 2 N–H and O–H groups in total. The van der Waals surface area contributed by atoms with E-state index in [1.54, 1.807) is 34.5 Å². The summed E-state index contributed by atoms with van der Waals surface area (Å²) in [5.74, 6) is -0.0246. The molecule has 3 heterocycles. The van der Waals surface area contributed by atoms with Crippen molar-refractivity contribution in [2.75, 3.05) is 17.7 Å². The maximum atomic E-state index is 13.2. The summed E-state index contributed by atoms with van der Waals surface area (Å²) >= 11 is 1.57. The molecule has 1 aliphatic rings. The number of nitrogens with one attached hydrogen (secondary N) is 2. The average Bonchev–Trinajstić information content (AvgIpc) is 3.39. The molecule has 0 spiro atoms. The lowest BCUT2D eigenvalue weighted by molar-refractivity contribution is -0.119. The highest BCUT2D eigenvalue weighted by atomic mass is 32.2. The Labute approximate surface area is 196 Å². The van der Waals surface area contributed by atoms with Crippen molar-refractivity contribution >= 4 is 40.2 Å². The third-order valence-corrected chi connectivity index (χ3v) is 7.19. The minimum Gasteiger partial charge on any atom is -0.361 e. The molecule has 168 valence electrons. The monoisotopic (exact) mass is 459 g/mol. The van der Waals surface area contributed by atoms with Gasteiger partial charge >= 0.3 is 0 Å². The molecular formula is C25H25N5O2S. The number of anilines is 1. The average molecular weight is 460 g/mol. The molecule has 0 unspecified atom stereocenters. The number of rotatable bonds is 4. The molecule has 1 aliphatic heterocycles. The Bertz CT molecular complexity index is 1360. The van der Waals surface area contributed by atoms with Crippen LogP contribution in [0.4, 0.5) is 5.69 Å². The minimum absolute atomic E-state index is 0.139. The number of hydrogen-bond acceptors (Lipinski definition) is 4. The molecule has 2 amide bonds. The number of benzene rings is 2. The van der Waals surface area contributed by atoms with Crippen LogP contribution in [-0.4, -0.2) is 45.4 Å². The van der Waals surface area contributed by atoms with Gasteiger partial charge in [0.15, 0.2) is 0 Å². The molecule has 0 bridgehead atoms. The SMILES string of the molecule is Cc1ccc(Cc2cc(C(=O)N[C@H]3CSc4cc5[nH]ccc5cc4N(C)C3=O)nn2C)cc1. The van der Waals surface area contributed by atoms with Gasteiger partial charge in [-0.05, 0) is 36.8 Å². The van der Waals surface area contributed by atoms with E-state index in [-0.39, 0.29) is 11.8 Å². The normalized spacial score (nSPS) is 16.0. The molecule has 0 fully saturated rings. The van der Waals surface area contributed by atoms with Crippen molar-refractivity contribution in [2.24, 2.45) is 7.05 Å². The highest BCUT2D eigenvalue weighted by Crippen LogP contribution is 2.36. The van der Waals surface area contributed by atoms with E-state index in [2.05, 4.69) is 52.7 Å². The summed E-state index contributed by atoms with van der Waals surface area (Å²) < 4.78 is 1.72. The summed E-state index contributed by atoms with van der Waals surface area (Å²) in [5.41, 5.74) is 5.49. The first-order valence-corrected chi connectivity index (χ1v) is 11.8. The number of aromatic amines is 1. The molecular weight excluding hydrogens is 434 g/mol. The number of thioether (sulfide) groups is 1. The van der Waals surface area contributed by atoms with E-state index in [9.17, 15) is 9.59 Å². The van der Waals surface area contributed by atoms with E-state index in [0.29, 0.717) is 17.9 Å². The van der Waals surface area contributed by atoms with Crippen molar-refractivity contribution in [2.45, 2.75) is 24.3 Å². The topological polar surface area (TPSA) is 83.0 Å². The highest BCUT2D eigenvalue weighted by molar-refractivity contribution is 7.99. The summed E-state index contributed by atoms with van der Waals surface area (Å²) in [6, 6.07) is 15.5. The van der Waals surface area contributed by atoms with Gasteiger partial charge in [-0.15, -0.1) is 11.8 Å². The summed E-state index contributed by atoms with van der Waals surface area (Å²) in [4.78, 5) is 32.0. The van der Waals surface area contributed by atoms with Crippen molar-refractivity contribution in [3.05, 3.63) is 77.2 Å². The Morgan fingerprint density at radius 1 is 1.18 bits per heavy atom. The number of carbonyl (C=O) groups excluding carboxylic acids is 2. The van der Waals surface area contributed by atoms with Crippen LogP contribution < -0.4 is 10.2 Å². The lowest BCUT2D eigenvalue weighted by Gasteiger charge is -2.21. The van der Waals surface area contributed by atoms with Gasteiger partial charge in [0.05, 0.1) is 5.69 Å². The Hall–Kier alpha value is -3.52. The molecule has 4 aromatic rings. The van der Waals surface area contributed by atoms with Gasteiger partial charge in [0, 0.05) is 54.0 Å². The van der Waals surface area contributed by atoms with Gasteiger partial charge in [0.25, 0.3) is 5.91 Å². The Kier molecular flexibility index (Phi) is 5.46. The summed E-state index contributed by atoms with van der Waals surface area (Å²) in [7, 11) is 3.59. The van der Waals surface area contributed by atoms with Gasteiger partial charge in [0.2, 0.25) is 5.91 Å². The molecule has 7 nitrogen and oxygen atoms in total.